The maximum absolute atomic E-state index is 13.9. The van der Waals surface area contributed by atoms with E-state index in [0.717, 1.165) is 18.4 Å². The van der Waals surface area contributed by atoms with Gasteiger partial charge in [0.2, 0.25) is 0 Å². The van der Waals surface area contributed by atoms with Gasteiger partial charge in [-0.15, -0.1) is 0 Å². The highest BCUT2D eigenvalue weighted by Gasteiger charge is 2.33. The molecule has 0 unspecified atom stereocenters. The molecule has 0 radical (unpaired) electrons. The second kappa shape index (κ2) is 13.1. The van der Waals surface area contributed by atoms with Crippen molar-refractivity contribution in [1.82, 2.24) is 4.57 Å². The Morgan fingerprint density at radius 1 is 1.05 bits per heavy atom. The number of unbranched alkanes of at least 4 members (excludes halogenated alkanes) is 1. The predicted octanol–water partition coefficient (Wildman–Crippen LogP) is 5.02. The van der Waals surface area contributed by atoms with Crippen LogP contribution in [0.1, 0.15) is 61.3 Å². The fraction of sp³-hybridized carbons (Fsp3) is 0.273. The molecule has 0 fully saturated rings. The predicted molar refractivity (Wildman–Crippen MR) is 163 cm³/mol. The Bertz CT molecular complexity index is 1860. The molecular formula is C33H32N2O7S. The monoisotopic (exact) mass is 600 g/mol. The lowest BCUT2D eigenvalue weighted by molar-refractivity contribution is -0.139. The third kappa shape index (κ3) is 6.24. The summed E-state index contributed by atoms with van der Waals surface area (Å²) in [6.07, 6.45) is 3.44. The number of furan rings is 1. The molecule has 0 bridgehead atoms. The van der Waals surface area contributed by atoms with Crippen molar-refractivity contribution in [2.75, 3.05) is 20.3 Å². The van der Waals surface area contributed by atoms with Gasteiger partial charge in [0.25, 0.3) is 5.56 Å². The number of carbonyl (C=O) groups excluding carboxylic acids is 2. The normalized spacial score (nSPS) is 14.7. The molecule has 0 spiro atoms. The standard InChI is InChI=1S/C33H32N2O7S/c1-5-7-17-41-31(37)22-13-11-21(12-14-22)26-16-15-25(42-26)19-27-30(36)35-29(23-9-8-10-24(18-23)39-4)28(32(38)40-6-2)20(3)34-33(35)43-27/h8-16,18-19,29H,5-7,17H2,1-4H3/b27-19-/t29-/m0/s1. The summed E-state index contributed by atoms with van der Waals surface area (Å²) < 4.78 is 24.0. The summed E-state index contributed by atoms with van der Waals surface area (Å²) in [6.45, 7) is 6.10. The van der Waals surface area contributed by atoms with E-state index in [4.69, 9.17) is 18.6 Å². The van der Waals surface area contributed by atoms with Gasteiger partial charge in [0.05, 0.1) is 47.7 Å². The fourth-order valence-electron chi connectivity index (χ4n) is 4.80. The van der Waals surface area contributed by atoms with Crippen LogP contribution in [0.2, 0.25) is 0 Å². The quantitative estimate of drug-likeness (QED) is 0.186. The number of esters is 2. The minimum absolute atomic E-state index is 0.192. The van der Waals surface area contributed by atoms with Crippen molar-refractivity contribution in [3.63, 3.8) is 0 Å². The van der Waals surface area contributed by atoms with Crippen LogP contribution in [0.25, 0.3) is 17.4 Å². The van der Waals surface area contributed by atoms with Crippen LogP contribution in [-0.4, -0.2) is 36.8 Å². The molecule has 1 aliphatic heterocycles. The first-order valence-electron chi connectivity index (χ1n) is 14.1. The van der Waals surface area contributed by atoms with Gasteiger partial charge in [-0.1, -0.05) is 48.9 Å². The van der Waals surface area contributed by atoms with Crippen molar-refractivity contribution in [3.05, 3.63) is 109 Å². The van der Waals surface area contributed by atoms with E-state index in [2.05, 4.69) is 4.99 Å². The molecule has 4 aromatic rings. The van der Waals surface area contributed by atoms with E-state index in [-0.39, 0.29) is 18.1 Å². The molecule has 2 aromatic carbocycles. The number of hydrogen-bond acceptors (Lipinski definition) is 9. The average Bonchev–Trinajstić information content (AvgIpc) is 3.60. The van der Waals surface area contributed by atoms with Crippen molar-refractivity contribution >= 4 is 29.4 Å². The van der Waals surface area contributed by atoms with Gasteiger partial charge < -0.3 is 18.6 Å². The third-order valence-corrected chi connectivity index (χ3v) is 7.95. The molecule has 2 aromatic heterocycles. The van der Waals surface area contributed by atoms with Gasteiger partial charge in [0, 0.05) is 11.6 Å². The molecule has 0 amide bonds. The van der Waals surface area contributed by atoms with E-state index < -0.39 is 12.0 Å². The van der Waals surface area contributed by atoms with E-state index in [9.17, 15) is 14.4 Å². The highest BCUT2D eigenvalue weighted by Crippen LogP contribution is 2.32. The summed E-state index contributed by atoms with van der Waals surface area (Å²) in [4.78, 5) is 44.2. The van der Waals surface area contributed by atoms with Crippen LogP contribution in [0.3, 0.4) is 0 Å². The number of benzene rings is 2. The number of nitrogens with zero attached hydrogens (tertiary/aromatic N) is 2. The minimum atomic E-state index is -0.744. The van der Waals surface area contributed by atoms with E-state index >= 15 is 0 Å². The molecule has 1 atom stereocenters. The molecular weight excluding hydrogens is 568 g/mol. The number of hydrogen-bond donors (Lipinski definition) is 0. The number of thiazole rings is 1. The zero-order valence-electron chi connectivity index (χ0n) is 24.4. The Morgan fingerprint density at radius 2 is 1.84 bits per heavy atom. The summed E-state index contributed by atoms with van der Waals surface area (Å²) in [5.41, 5.74) is 2.41. The maximum atomic E-state index is 13.9. The summed E-state index contributed by atoms with van der Waals surface area (Å²) in [6, 6.07) is 17.1. The first kappa shape index (κ1) is 29.8. The largest absolute Gasteiger partial charge is 0.497 e. The second-order valence-electron chi connectivity index (χ2n) is 9.85. The summed E-state index contributed by atoms with van der Waals surface area (Å²) in [5, 5.41) is 0. The number of fused-ring (bicyclic) bond motifs is 1. The smallest absolute Gasteiger partial charge is 0.338 e. The van der Waals surface area contributed by atoms with Crippen LogP contribution in [0, 0.1) is 0 Å². The van der Waals surface area contributed by atoms with E-state index in [1.165, 1.54) is 15.9 Å². The van der Waals surface area contributed by atoms with E-state index in [1.807, 2.05) is 19.1 Å². The zero-order chi connectivity index (χ0) is 30.5. The van der Waals surface area contributed by atoms with E-state index in [1.54, 1.807) is 75.6 Å². The van der Waals surface area contributed by atoms with Crippen LogP contribution in [0.5, 0.6) is 5.75 Å². The van der Waals surface area contributed by atoms with Gasteiger partial charge in [0.15, 0.2) is 4.80 Å². The molecule has 0 saturated carbocycles. The number of allylic oxidation sites excluding steroid dienone is 1. The van der Waals surface area contributed by atoms with Crippen molar-refractivity contribution in [3.8, 4) is 17.1 Å². The van der Waals surface area contributed by atoms with Crippen molar-refractivity contribution in [2.24, 2.45) is 4.99 Å². The van der Waals surface area contributed by atoms with Gasteiger partial charge in [-0.2, -0.15) is 0 Å². The lowest BCUT2D eigenvalue weighted by atomic mass is 9.95. The molecule has 10 heteroatoms. The Kier molecular flexibility index (Phi) is 9.06. The Hall–Kier alpha value is -4.70. The van der Waals surface area contributed by atoms with Gasteiger partial charge in [-0.3, -0.25) is 9.36 Å². The van der Waals surface area contributed by atoms with Crippen molar-refractivity contribution in [1.29, 1.82) is 0 Å². The third-order valence-electron chi connectivity index (χ3n) is 6.96. The molecule has 0 N–H and O–H groups in total. The lowest BCUT2D eigenvalue weighted by Crippen LogP contribution is -2.39. The SMILES string of the molecule is CCCCOC(=O)c1ccc(-c2ccc(/C=c3\sc4n(c3=O)[C@@H](c3cccc(OC)c3)C(C(=O)OCC)=C(C)N=4)o2)cc1. The number of rotatable bonds is 10. The van der Waals surface area contributed by atoms with Crippen LogP contribution < -0.4 is 19.6 Å². The van der Waals surface area contributed by atoms with Crippen molar-refractivity contribution in [2.45, 2.75) is 39.7 Å². The molecule has 9 nitrogen and oxygen atoms in total. The molecule has 43 heavy (non-hydrogen) atoms. The first-order chi connectivity index (χ1) is 20.8. The van der Waals surface area contributed by atoms with Crippen LogP contribution >= 0.6 is 11.3 Å². The van der Waals surface area contributed by atoms with Gasteiger partial charge in [-0.05, 0) is 62.2 Å². The Labute approximate surface area is 252 Å². The molecule has 3 heterocycles. The van der Waals surface area contributed by atoms with Crippen molar-refractivity contribution < 1.29 is 28.2 Å². The maximum Gasteiger partial charge on any atom is 0.338 e. The van der Waals surface area contributed by atoms with Crippen LogP contribution in [0.15, 0.2) is 86.1 Å². The summed E-state index contributed by atoms with van der Waals surface area (Å²) in [7, 11) is 1.56. The Balaban J connectivity index is 1.50. The minimum Gasteiger partial charge on any atom is -0.497 e. The highest BCUT2D eigenvalue weighted by molar-refractivity contribution is 7.07. The highest BCUT2D eigenvalue weighted by atomic mass is 32.1. The van der Waals surface area contributed by atoms with Gasteiger partial charge in [-0.25, -0.2) is 14.6 Å². The molecule has 0 saturated heterocycles. The van der Waals surface area contributed by atoms with Gasteiger partial charge >= 0.3 is 11.9 Å². The fourth-order valence-corrected chi connectivity index (χ4v) is 5.82. The first-order valence-corrected chi connectivity index (χ1v) is 14.9. The second-order valence-corrected chi connectivity index (χ2v) is 10.9. The van der Waals surface area contributed by atoms with Crippen LogP contribution in [-0.2, 0) is 14.3 Å². The number of aromatic nitrogens is 1. The number of methoxy groups -OCH3 is 1. The molecule has 222 valence electrons. The van der Waals surface area contributed by atoms with Crippen LogP contribution in [0.4, 0.5) is 0 Å². The lowest BCUT2D eigenvalue weighted by Gasteiger charge is -2.24. The topological polar surface area (TPSA) is 109 Å². The van der Waals surface area contributed by atoms with Gasteiger partial charge in [0.1, 0.15) is 17.3 Å². The zero-order valence-corrected chi connectivity index (χ0v) is 25.2. The molecule has 1 aliphatic rings. The summed E-state index contributed by atoms with van der Waals surface area (Å²) >= 11 is 1.21. The van der Waals surface area contributed by atoms with E-state index in [0.29, 0.717) is 55.6 Å². The summed E-state index contributed by atoms with van der Waals surface area (Å²) in [5.74, 6) is 0.773. The number of carbonyl (C=O) groups is 2. The Morgan fingerprint density at radius 3 is 2.56 bits per heavy atom. The molecule has 0 aliphatic carbocycles. The average molecular weight is 601 g/mol. The molecule has 5 rings (SSSR count). The number of ether oxygens (including phenoxy) is 3.